The topological polar surface area (TPSA) is 81.7 Å². The summed E-state index contributed by atoms with van der Waals surface area (Å²) < 4.78 is 3.10. The Balaban J connectivity index is 2.48. The van der Waals surface area contributed by atoms with E-state index in [1.54, 1.807) is 0 Å². The molecule has 3 N–H and O–H groups in total. The van der Waals surface area contributed by atoms with Crippen LogP contribution >= 0.6 is 15.9 Å². The van der Waals surface area contributed by atoms with Gasteiger partial charge in [-0.3, -0.25) is 5.43 Å². The third kappa shape index (κ3) is 1.55. The lowest BCUT2D eigenvalue weighted by atomic mass is 10.2. The van der Waals surface area contributed by atoms with Crippen LogP contribution in [0.15, 0.2) is 22.7 Å². The van der Waals surface area contributed by atoms with Crippen LogP contribution < -0.4 is 11.3 Å². The first-order valence-corrected chi connectivity index (χ1v) is 6.32. The van der Waals surface area contributed by atoms with E-state index in [1.807, 2.05) is 18.2 Å². The number of hydrogen-bond donors (Lipinski definition) is 2. The number of nitrogens with one attached hydrogen (secondary N) is 1. The van der Waals surface area contributed by atoms with Crippen molar-refractivity contribution in [3.05, 3.63) is 22.7 Å². The quantitative estimate of drug-likeness (QED) is 0.559. The maximum absolute atomic E-state index is 5.32. The fourth-order valence-electron chi connectivity index (χ4n) is 2.11. The molecule has 3 rings (SSSR count). The molecule has 3 aromatic rings. The molecule has 7 heteroatoms. The van der Waals surface area contributed by atoms with Gasteiger partial charge in [-0.25, -0.2) is 5.84 Å². The number of hydrazine groups is 1. The van der Waals surface area contributed by atoms with E-state index in [0.29, 0.717) is 5.95 Å². The molecule has 0 unspecified atom stereocenters. The zero-order valence-corrected chi connectivity index (χ0v) is 11.3. The van der Waals surface area contributed by atoms with E-state index in [-0.39, 0.29) is 0 Å². The van der Waals surface area contributed by atoms with Crippen LogP contribution in [0.25, 0.3) is 22.1 Å². The molecule has 92 valence electrons. The lowest BCUT2D eigenvalue weighted by Gasteiger charge is -2.02. The van der Waals surface area contributed by atoms with Gasteiger partial charge >= 0.3 is 0 Å². The Hall–Kier alpha value is -1.73. The Bertz CT molecular complexity index is 735. The Kier molecular flexibility index (Phi) is 2.64. The van der Waals surface area contributed by atoms with Crippen LogP contribution in [0.1, 0.15) is 6.92 Å². The maximum atomic E-state index is 5.32. The fraction of sp³-hybridized carbons (Fsp3) is 0.182. The largest absolute Gasteiger partial charge is 0.324 e. The van der Waals surface area contributed by atoms with Crippen molar-refractivity contribution in [2.75, 3.05) is 5.43 Å². The van der Waals surface area contributed by atoms with Crippen molar-refractivity contribution in [1.29, 1.82) is 0 Å². The van der Waals surface area contributed by atoms with E-state index in [9.17, 15) is 0 Å². The van der Waals surface area contributed by atoms with E-state index in [1.165, 1.54) is 0 Å². The highest BCUT2D eigenvalue weighted by Gasteiger charge is 2.13. The number of nitrogen functional groups attached to an aromatic ring is 1. The molecular weight excluding hydrogens is 296 g/mol. The Morgan fingerprint density at radius 1 is 1.39 bits per heavy atom. The molecule has 0 aliphatic heterocycles. The van der Waals surface area contributed by atoms with Gasteiger partial charge in [-0.2, -0.15) is 4.98 Å². The number of anilines is 1. The summed E-state index contributed by atoms with van der Waals surface area (Å²) in [6.45, 7) is 2.88. The molecule has 0 spiro atoms. The minimum absolute atomic E-state index is 0.319. The summed E-state index contributed by atoms with van der Waals surface area (Å²) in [7, 11) is 0. The molecule has 18 heavy (non-hydrogen) atoms. The van der Waals surface area contributed by atoms with E-state index >= 15 is 0 Å². The van der Waals surface area contributed by atoms with Crippen molar-refractivity contribution in [3.63, 3.8) is 0 Å². The summed E-state index contributed by atoms with van der Waals surface area (Å²) in [5, 5.41) is 9.15. The lowest BCUT2D eigenvalue weighted by Crippen LogP contribution is -2.11. The summed E-state index contributed by atoms with van der Waals surface area (Å²) in [5.74, 6) is 5.64. The molecular formula is C11H11BrN6. The third-order valence-corrected chi connectivity index (χ3v) is 3.37. The molecule has 0 aliphatic rings. The molecule has 0 saturated heterocycles. The number of aryl methyl sites for hydroxylation is 1. The zero-order valence-electron chi connectivity index (χ0n) is 9.68. The van der Waals surface area contributed by atoms with E-state index in [0.717, 1.165) is 33.1 Å². The first kappa shape index (κ1) is 11.4. The Labute approximate surface area is 111 Å². The summed E-state index contributed by atoms with van der Waals surface area (Å²) in [6.07, 6.45) is 0. The second-order valence-electron chi connectivity index (χ2n) is 3.86. The van der Waals surface area contributed by atoms with Crippen LogP contribution in [0.3, 0.4) is 0 Å². The Morgan fingerprint density at radius 2 is 2.22 bits per heavy atom. The molecule has 0 bridgehead atoms. The van der Waals surface area contributed by atoms with Crippen LogP contribution in [0.4, 0.5) is 5.95 Å². The summed E-state index contributed by atoms with van der Waals surface area (Å²) >= 11 is 3.47. The van der Waals surface area contributed by atoms with Crippen molar-refractivity contribution in [2.45, 2.75) is 13.5 Å². The highest BCUT2D eigenvalue weighted by Crippen LogP contribution is 2.28. The van der Waals surface area contributed by atoms with Gasteiger partial charge in [0, 0.05) is 16.4 Å². The second-order valence-corrected chi connectivity index (χ2v) is 4.77. The van der Waals surface area contributed by atoms with Gasteiger partial charge in [-0.1, -0.05) is 15.9 Å². The van der Waals surface area contributed by atoms with Crippen molar-refractivity contribution in [2.24, 2.45) is 5.84 Å². The average Bonchev–Trinajstić information content (AvgIpc) is 2.70. The smallest absolute Gasteiger partial charge is 0.258 e. The number of rotatable bonds is 2. The Morgan fingerprint density at radius 3 is 2.94 bits per heavy atom. The molecule has 0 aliphatic carbocycles. The fourth-order valence-corrected chi connectivity index (χ4v) is 2.47. The molecule has 0 amide bonds. The SMILES string of the molecule is CCn1c2ccc(Br)cc2c2nnc(NN)nc21. The monoisotopic (exact) mass is 306 g/mol. The summed E-state index contributed by atoms with van der Waals surface area (Å²) in [4.78, 5) is 4.37. The van der Waals surface area contributed by atoms with Gasteiger partial charge in [0.25, 0.3) is 5.95 Å². The number of fused-ring (bicyclic) bond motifs is 3. The third-order valence-electron chi connectivity index (χ3n) is 2.87. The molecule has 0 atom stereocenters. The van der Waals surface area contributed by atoms with Gasteiger partial charge in [0.05, 0.1) is 5.52 Å². The van der Waals surface area contributed by atoms with E-state index in [2.05, 4.69) is 48.0 Å². The van der Waals surface area contributed by atoms with Crippen molar-refractivity contribution < 1.29 is 0 Å². The number of aromatic nitrogens is 4. The molecule has 6 nitrogen and oxygen atoms in total. The van der Waals surface area contributed by atoms with Crippen molar-refractivity contribution >= 4 is 43.9 Å². The number of nitrogens with zero attached hydrogens (tertiary/aromatic N) is 4. The average molecular weight is 307 g/mol. The first-order valence-electron chi connectivity index (χ1n) is 5.53. The highest BCUT2D eigenvalue weighted by atomic mass is 79.9. The van der Waals surface area contributed by atoms with Crippen molar-refractivity contribution in [3.8, 4) is 0 Å². The molecule has 0 saturated carbocycles. The molecule has 0 radical (unpaired) electrons. The zero-order chi connectivity index (χ0) is 12.7. The van der Waals surface area contributed by atoms with E-state index < -0.39 is 0 Å². The first-order chi connectivity index (χ1) is 8.74. The van der Waals surface area contributed by atoms with Crippen molar-refractivity contribution in [1.82, 2.24) is 19.7 Å². The van der Waals surface area contributed by atoms with Crippen LogP contribution in [0.2, 0.25) is 0 Å². The van der Waals surface area contributed by atoms with Crippen LogP contribution in [0, 0.1) is 0 Å². The van der Waals surface area contributed by atoms with Gasteiger partial charge in [0.15, 0.2) is 5.65 Å². The molecule has 0 fully saturated rings. The maximum Gasteiger partial charge on any atom is 0.258 e. The summed E-state index contributed by atoms with van der Waals surface area (Å²) in [6, 6.07) is 6.07. The van der Waals surface area contributed by atoms with Crippen LogP contribution in [-0.4, -0.2) is 19.7 Å². The molecule has 1 aromatic carbocycles. The lowest BCUT2D eigenvalue weighted by molar-refractivity contribution is 0.811. The van der Waals surface area contributed by atoms with Gasteiger partial charge < -0.3 is 4.57 Å². The van der Waals surface area contributed by atoms with Gasteiger partial charge in [0.1, 0.15) is 5.52 Å². The number of benzene rings is 1. The molecule has 2 heterocycles. The van der Waals surface area contributed by atoms with Gasteiger partial charge in [0.2, 0.25) is 0 Å². The van der Waals surface area contributed by atoms with Crippen LogP contribution in [0.5, 0.6) is 0 Å². The standard InChI is InChI=1S/C11H11BrN6/c1-2-18-8-4-3-6(12)5-7(8)9-10(18)14-11(15-13)17-16-9/h3-5H,2,13H2,1H3,(H,14,15,17). The predicted octanol–water partition coefficient (Wildman–Crippen LogP) is 2.05. The predicted molar refractivity (Wildman–Crippen MR) is 74.0 cm³/mol. The number of nitrogens with two attached hydrogens (primary N) is 1. The normalized spacial score (nSPS) is 11.3. The van der Waals surface area contributed by atoms with Gasteiger partial charge in [-0.05, 0) is 25.1 Å². The summed E-state index contributed by atoms with van der Waals surface area (Å²) in [5.41, 5.74) is 5.08. The molecule has 2 aromatic heterocycles. The highest BCUT2D eigenvalue weighted by molar-refractivity contribution is 9.10. The van der Waals surface area contributed by atoms with Crippen LogP contribution in [-0.2, 0) is 6.54 Å². The number of hydrogen-bond acceptors (Lipinski definition) is 5. The minimum Gasteiger partial charge on any atom is -0.324 e. The minimum atomic E-state index is 0.319. The van der Waals surface area contributed by atoms with E-state index in [4.69, 9.17) is 5.84 Å². The van der Waals surface area contributed by atoms with Gasteiger partial charge in [-0.15, -0.1) is 10.2 Å². The number of halogens is 1. The second kappa shape index (κ2) is 4.18.